The molecule has 1 spiro atoms. The number of carbonyl (C=O) groups is 1. The molecule has 192 valence electrons. The van der Waals surface area contributed by atoms with Gasteiger partial charge >= 0.3 is 6.09 Å². The smallest absolute Gasteiger partial charge is 0.416 e. The molecule has 0 bridgehead atoms. The van der Waals surface area contributed by atoms with E-state index < -0.39 is 18.0 Å². The first-order chi connectivity index (χ1) is 18.0. The molecule has 1 aromatic carbocycles. The topological polar surface area (TPSA) is 105 Å². The Labute approximate surface area is 212 Å². The molecule has 11 heteroatoms. The van der Waals surface area contributed by atoms with Crippen molar-refractivity contribution in [3.8, 4) is 0 Å². The van der Waals surface area contributed by atoms with Crippen molar-refractivity contribution in [2.75, 3.05) is 36.2 Å². The van der Waals surface area contributed by atoms with Gasteiger partial charge in [-0.2, -0.15) is 0 Å². The minimum Gasteiger partial charge on any atom is -0.446 e. The van der Waals surface area contributed by atoms with Gasteiger partial charge in [0, 0.05) is 30.9 Å². The van der Waals surface area contributed by atoms with Gasteiger partial charge in [0.2, 0.25) is 5.58 Å². The predicted molar refractivity (Wildman–Crippen MR) is 133 cm³/mol. The lowest BCUT2D eigenvalue weighted by Crippen LogP contribution is -2.67. The summed E-state index contributed by atoms with van der Waals surface area (Å²) in [5.41, 5.74) is 1.64. The number of rotatable bonds is 2. The van der Waals surface area contributed by atoms with E-state index in [9.17, 15) is 4.79 Å². The van der Waals surface area contributed by atoms with Crippen LogP contribution in [-0.4, -0.2) is 67.1 Å². The van der Waals surface area contributed by atoms with E-state index in [-0.39, 0.29) is 41.7 Å². The van der Waals surface area contributed by atoms with Gasteiger partial charge in [0.15, 0.2) is 11.6 Å². The second-order valence-corrected chi connectivity index (χ2v) is 10.4. The maximum absolute atomic E-state index is 16.3. The van der Waals surface area contributed by atoms with Crippen LogP contribution in [-0.2, 0) is 15.9 Å². The van der Waals surface area contributed by atoms with Crippen molar-refractivity contribution >= 4 is 34.8 Å². The first kappa shape index (κ1) is 22.6. The molecule has 5 atom stereocenters. The molecule has 10 nitrogen and oxygen atoms in total. The van der Waals surface area contributed by atoms with E-state index in [2.05, 4.69) is 25.3 Å². The molecule has 37 heavy (non-hydrogen) atoms. The van der Waals surface area contributed by atoms with E-state index in [4.69, 9.17) is 14.0 Å². The number of aliphatic imine (C=N–C) groups is 1. The molecule has 6 heterocycles. The number of anilines is 2. The maximum Gasteiger partial charge on any atom is 0.416 e. The number of hydrogen-bond acceptors (Lipinski definition) is 9. The summed E-state index contributed by atoms with van der Waals surface area (Å²) in [5, 5.41) is 8.00. The van der Waals surface area contributed by atoms with Gasteiger partial charge in [-0.25, -0.2) is 14.1 Å². The Morgan fingerprint density at radius 1 is 1.27 bits per heavy atom. The summed E-state index contributed by atoms with van der Waals surface area (Å²) < 4.78 is 33.5. The average Bonchev–Trinajstić information content (AvgIpc) is 3.47. The minimum atomic E-state index is -0.569. The van der Waals surface area contributed by atoms with Crippen molar-refractivity contribution in [3.05, 3.63) is 47.5 Å². The van der Waals surface area contributed by atoms with E-state index in [0.717, 1.165) is 5.56 Å². The summed E-state index contributed by atoms with van der Waals surface area (Å²) in [6.07, 6.45) is 3.48. The predicted octanol–water partition coefficient (Wildman–Crippen LogP) is 3.22. The van der Waals surface area contributed by atoms with Gasteiger partial charge < -0.3 is 18.9 Å². The van der Waals surface area contributed by atoms with Gasteiger partial charge in [-0.15, -0.1) is 0 Å². The third kappa shape index (κ3) is 3.30. The monoisotopic (exact) mass is 506 g/mol. The van der Waals surface area contributed by atoms with Crippen LogP contribution in [0, 0.1) is 11.2 Å². The van der Waals surface area contributed by atoms with Crippen LogP contribution in [0.15, 0.2) is 40.0 Å². The van der Waals surface area contributed by atoms with Gasteiger partial charge in [0.25, 0.3) is 0 Å². The number of nitrogens with zero attached hydrogens (tertiary/aromatic N) is 5. The SMILES string of the molecule is C[C@@H]1CN2c3c(cc4c(N5C(=O)OC[C@@H]5c5ccccn5)noc4c3F)CC3(C=NCNC3)[C@H]2[C@H](C)O1. The standard InChI is InChI=1S/C26H27FN6O4/c1-14-9-32-21-16(8-26(11-28-13-29-12-26)23(32)15(2)36-14)7-17-22(20(21)27)37-31-24(17)33-19(10-35-25(33)34)18-5-3-4-6-30-18/h3-7,11,14-15,19,23,29H,8-10,12-13H2,1-2H3/t14-,15+,19-,23-,26?/m1/s1. The highest BCUT2D eigenvalue weighted by Crippen LogP contribution is 2.49. The first-order valence-corrected chi connectivity index (χ1v) is 12.6. The van der Waals surface area contributed by atoms with Crippen LogP contribution >= 0.6 is 0 Å². The Bertz CT molecular complexity index is 1410. The number of fused-ring (bicyclic) bond motifs is 5. The quantitative estimate of drug-likeness (QED) is 0.565. The van der Waals surface area contributed by atoms with E-state index in [1.807, 2.05) is 38.3 Å². The van der Waals surface area contributed by atoms with Gasteiger partial charge in [-0.3, -0.25) is 15.3 Å². The molecular weight excluding hydrogens is 479 g/mol. The van der Waals surface area contributed by atoms with Crippen LogP contribution in [0.3, 0.4) is 0 Å². The number of aromatic nitrogens is 2. The lowest BCUT2D eigenvalue weighted by atomic mass is 9.68. The van der Waals surface area contributed by atoms with Crippen LogP contribution < -0.4 is 15.1 Å². The molecule has 7 rings (SSSR count). The van der Waals surface area contributed by atoms with Crippen LogP contribution in [0.2, 0.25) is 0 Å². The van der Waals surface area contributed by atoms with E-state index in [1.54, 1.807) is 12.3 Å². The molecule has 1 unspecified atom stereocenters. The molecule has 0 saturated carbocycles. The molecule has 4 aliphatic rings. The fourth-order valence-corrected chi connectivity index (χ4v) is 6.64. The molecule has 1 amide bonds. The molecule has 4 aliphatic heterocycles. The van der Waals surface area contributed by atoms with Crippen molar-refractivity contribution in [1.29, 1.82) is 0 Å². The van der Waals surface area contributed by atoms with Crippen LogP contribution in [0.1, 0.15) is 31.1 Å². The van der Waals surface area contributed by atoms with Gasteiger partial charge in [-0.1, -0.05) is 11.2 Å². The number of morpholine rings is 1. The third-order valence-electron chi connectivity index (χ3n) is 7.95. The van der Waals surface area contributed by atoms with Gasteiger partial charge in [0.05, 0.1) is 41.7 Å². The second-order valence-electron chi connectivity index (χ2n) is 10.4. The fourth-order valence-electron chi connectivity index (χ4n) is 6.64. The zero-order valence-corrected chi connectivity index (χ0v) is 20.6. The van der Waals surface area contributed by atoms with E-state index in [1.165, 1.54) is 4.90 Å². The Balaban J connectivity index is 1.39. The van der Waals surface area contributed by atoms with Gasteiger partial charge in [-0.05, 0) is 44.0 Å². The fraction of sp³-hybridized carbons (Fsp3) is 0.462. The molecule has 0 aliphatic carbocycles. The lowest BCUT2D eigenvalue weighted by molar-refractivity contribution is -0.0522. The number of ether oxygens (including phenoxy) is 2. The summed E-state index contributed by atoms with van der Waals surface area (Å²) >= 11 is 0. The molecule has 3 aromatic rings. The maximum atomic E-state index is 16.3. The molecule has 2 aromatic heterocycles. The lowest BCUT2D eigenvalue weighted by Gasteiger charge is -2.56. The highest BCUT2D eigenvalue weighted by Gasteiger charge is 2.53. The summed E-state index contributed by atoms with van der Waals surface area (Å²) in [7, 11) is 0. The largest absolute Gasteiger partial charge is 0.446 e. The van der Waals surface area contributed by atoms with Gasteiger partial charge in [0.1, 0.15) is 12.6 Å². The molecule has 2 saturated heterocycles. The van der Waals surface area contributed by atoms with Crippen LogP contribution in [0.4, 0.5) is 20.7 Å². The average molecular weight is 507 g/mol. The molecule has 0 radical (unpaired) electrons. The number of carbonyl (C=O) groups excluding carboxylic acids is 1. The van der Waals surface area contributed by atoms with Crippen molar-refractivity contribution in [1.82, 2.24) is 15.5 Å². The summed E-state index contributed by atoms with van der Waals surface area (Å²) in [6.45, 7) is 5.97. The highest BCUT2D eigenvalue weighted by atomic mass is 19.1. The van der Waals surface area contributed by atoms with Crippen molar-refractivity contribution in [3.63, 3.8) is 0 Å². The molecular formula is C26H27FN6O4. The number of halogens is 1. The molecule has 1 N–H and O–H groups in total. The van der Waals surface area contributed by atoms with Crippen molar-refractivity contribution in [2.45, 2.75) is 44.6 Å². The van der Waals surface area contributed by atoms with E-state index in [0.29, 0.717) is 42.9 Å². The summed E-state index contributed by atoms with van der Waals surface area (Å²) in [5.74, 6) is -0.250. The van der Waals surface area contributed by atoms with Crippen molar-refractivity contribution in [2.24, 2.45) is 10.4 Å². The zero-order chi connectivity index (χ0) is 25.3. The Morgan fingerprint density at radius 2 is 2.16 bits per heavy atom. The first-order valence-electron chi connectivity index (χ1n) is 12.6. The zero-order valence-electron chi connectivity index (χ0n) is 20.6. The summed E-state index contributed by atoms with van der Waals surface area (Å²) in [4.78, 5) is 25.3. The van der Waals surface area contributed by atoms with E-state index >= 15 is 4.39 Å². The summed E-state index contributed by atoms with van der Waals surface area (Å²) in [6, 6.07) is 6.80. The van der Waals surface area contributed by atoms with Crippen molar-refractivity contribution < 1.29 is 23.2 Å². The Morgan fingerprint density at radius 3 is 2.95 bits per heavy atom. The normalized spacial score (nSPS) is 31.1. The van der Waals surface area contributed by atoms with Crippen LogP contribution in [0.25, 0.3) is 11.0 Å². The number of amides is 1. The molecule has 2 fully saturated rings. The number of cyclic esters (lactones) is 1. The number of pyridine rings is 1. The minimum absolute atomic E-state index is 0.0187. The number of nitrogens with one attached hydrogen (secondary N) is 1. The Kier molecular flexibility index (Phi) is 5.02. The highest BCUT2D eigenvalue weighted by molar-refractivity contribution is 6.01. The Hall–Kier alpha value is -3.57. The number of hydrogen-bond donors (Lipinski definition) is 1. The second kappa shape index (κ2) is 8.22. The van der Waals surface area contributed by atoms with Crippen LogP contribution in [0.5, 0.6) is 0 Å². The third-order valence-corrected chi connectivity index (χ3v) is 7.95. The number of benzene rings is 1.